The molecule has 1 fully saturated rings. The maximum absolute atomic E-state index is 13.1. The molecule has 1 aliphatic heterocycles. The van der Waals surface area contributed by atoms with Gasteiger partial charge < -0.3 is 15.4 Å². The molecule has 1 saturated heterocycles. The van der Waals surface area contributed by atoms with Crippen molar-refractivity contribution < 1.29 is 9.53 Å². The number of Topliss-reactive ketones (excluding diaryl/α,β-unsaturated/α-hetero) is 1. The summed E-state index contributed by atoms with van der Waals surface area (Å²) in [6.45, 7) is 1.97. The van der Waals surface area contributed by atoms with Gasteiger partial charge in [0, 0.05) is 43.2 Å². The number of hydrogen-bond donors (Lipinski definition) is 1. The molecule has 1 aliphatic rings. The molecular formula is C21H23N7O2. The van der Waals surface area contributed by atoms with Crippen LogP contribution in [0.15, 0.2) is 37.1 Å². The van der Waals surface area contributed by atoms with Crippen molar-refractivity contribution in [3.63, 3.8) is 0 Å². The average molecular weight is 405 g/mol. The van der Waals surface area contributed by atoms with Crippen LogP contribution in [0, 0.1) is 0 Å². The number of hydrogen-bond acceptors (Lipinski definition) is 9. The van der Waals surface area contributed by atoms with Gasteiger partial charge in [0.05, 0.1) is 25.7 Å². The Hall–Kier alpha value is -3.62. The molecule has 0 amide bonds. The molecule has 30 heavy (non-hydrogen) atoms. The highest BCUT2D eigenvalue weighted by atomic mass is 16.5. The van der Waals surface area contributed by atoms with Crippen LogP contribution < -0.4 is 15.4 Å². The van der Waals surface area contributed by atoms with Gasteiger partial charge in [0.25, 0.3) is 0 Å². The van der Waals surface area contributed by atoms with E-state index in [1.54, 1.807) is 12.4 Å². The van der Waals surface area contributed by atoms with Gasteiger partial charge in [0.15, 0.2) is 11.6 Å². The van der Waals surface area contributed by atoms with Crippen molar-refractivity contribution in [1.82, 2.24) is 24.9 Å². The highest BCUT2D eigenvalue weighted by Gasteiger charge is 2.20. The van der Waals surface area contributed by atoms with Gasteiger partial charge in [-0.2, -0.15) is 0 Å². The van der Waals surface area contributed by atoms with Gasteiger partial charge in [0.2, 0.25) is 5.88 Å². The fraction of sp³-hybridized carbons (Fsp3) is 0.333. The van der Waals surface area contributed by atoms with Crippen LogP contribution in [0.2, 0.25) is 0 Å². The number of rotatable bonds is 6. The topological polar surface area (TPSA) is 120 Å². The highest BCUT2D eigenvalue weighted by molar-refractivity contribution is 6.00. The molecule has 4 heterocycles. The second-order valence-corrected chi connectivity index (χ2v) is 7.09. The fourth-order valence-electron chi connectivity index (χ4n) is 3.55. The third-order valence-corrected chi connectivity index (χ3v) is 5.07. The van der Waals surface area contributed by atoms with E-state index >= 15 is 0 Å². The number of methoxy groups -OCH3 is 1. The van der Waals surface area contributed by atoms with Crippen molar-refractivity contribution in [1.29, 1.82) is 0 Å². The Morgan fingerprint density at radius 3 is 2.67 bits per heavy atom. The van der Waals surface area contributed by atoms with E-state index in [0.717, 1.165) is 37.2 Å². The summed E-state index contributed by atoms with van der Waals surface area (Å²) in [5.41, 5.74) is 8.85. The zero-order chi connectivity index (χ0) is 20.9. The molecule has 0 radical (unpaired) electrons. The molecule has 154 valence electrons. The van der Waals surface area contributed by atoms with Crippen LogP contribution in [0.1, 0.15) is 35.3 Å². The first-order valence-electron chi connectivity index (χ1n) is 9.85. The number of ether oxygens (including phenoxy) is 1. The molecule has 2 N–H and O–H groups in total. The number of anilines is 2. The van der Waals surface area contributed by atoms with Gasteiger partial charge in [-0.3, -0.25) is 14.8 Å². The lowest BCUT2D eigenvalue weighted by atomic mass is 10.0. The van der Waals surface area contributed by atoms with Crippen LogP contribution in [0.5, 0.6) is 5.88 Å². The Labute approximate surface area is 174 Å². The van der Waals surface area contributed by atoms with Gasteiger partial charge in [-0.25, -0.2) is 15.0 Å². The zero-order valence-corrected chi connectivity index (χ0v) is 16.8. The van der Waals surface area contributed by atoms with Crippen molar-refractivity contribution >= 4 is 17.3 Å². The van der Waals surface area contributed by atoms with E-state index in [9.17, 15) is 4.79 Å². The average Bonchev–Trinajstić information content (AvgIpc) is 2.80. The Kier molecular flexibility index (Phi) is 5.78. The Morgan fingerprint density at radius 2 is 1.87 bits per heavy atom. The number of carbonyl (C=O) groups excluding carboxylic acids is 1. The summed E-state index contributed by atoms with van der Waals surface area (Å²) in [4.78, 5) is 36.6. The maximum atomic E-state index is 13.1. The van der Waals surface area contributed by atoms with Crippen molar-refractivity contribution in [2.45, 2.75) is 25.7 Å². The SMILES string of the molecule is COc1cncc(-c2cnc(N)c(C(=O)Cc3cnccc3N3CCCCC3)n2)n1. The molecule has 0 saturated carbocycles. The minimum absolute atomic E-state index is 0.0861. The summed E-state index contributed by atoms with van der Waals surface area (Å²) in [6.07, 6.45) is 11.7. The predicted molar refractivity (Wildman–Crippen MR) is 112 cm³/mol. The van der Waals surface area contributed by atoms with Crippen LogP contribution in [0.25, 0.3) is 11.4 Å². The van der Waals surface area contributed by atoms with E-state index < -0.39 is 0 Å². The van der Waals surface area contributed by atoms with Crippen molar-refractivity contribution in [2.24, 2.45) is 0 Å². The number of carbonyl (C=O) groups is 1. The number of nitrogen functional groups attached to an aromatic ring is 1. The number of nitrogens with zero attached hydrogens (tertiary/aromatic N) is 6. The number of nitrogens with two attached hydrogens (primary N) is 1. The van der Waals surface area contributed by atoms with E-state index in [4.69, 9.17) is 10.5 Å². The summed E-state index contributed by atoms with van der Waals surface area (Å²) >= 11 is 0. The summed E-state index contributed by atoms with van der Waals surface area (Å²) in [7, 11) is 1.51. The smallest absolute Gasteiger partial charge is 0.232 e. The van der Waals surface area contributed by atoms with Gasteiger partial charge in [-0.1, -0.05) is 0 Å². The number of aromatic nitrogens is 5. The third-order valence-electron chi connectivity index (χ3n) is 5.07. The van der Waals surface area contributed by atoms with Crippen LogP contribution in [0.4, 0.5) is 11.5 Å². The Balaban J connectivity index is 1.61. The fourth-order valence-corrected chi connectivity index (χ4v) is 3.55. The molecule has 0 aliphatic carbocycles. The van der Waals surface area contributed by atoms with Crippen molar-refractivity contribution in [2.75, 3.05) is 30.8 Å². The second kappa shape index (κ2) is 8.81. The highest BCUT2D eigenvalue weighted by Crippen LogP contribution is 2.25. The number of pyridine rings is 1. The molecule has 0 unspecified atom stereocenters. The first-order chi connectivity index (χ1) is 14.7. The normalized spacial score (nSPS) is 13.8. The standard InChI is InChI=1S/C21H23N7O2/c1-30-19-13-24-11-15(26-19)16-12-25-21(22)20(27-16)18(29)9-14-10-23-6-5-17(14)28-7-3-2-4-8-28/h5-6,10-13H,2-4,7-9H2,1H3,(H2,22,25). The molecule has 9 heteroatoms. The van der Waals surface area contributed by atoms with E-state index in [0.29, 0.717) is 17.3 Å². The zero-order valence-electron chi connectivity index (χ0n) is 16.8. The van der Waals surface area contributed by atoms with E-state index in [-0.39, 0.29) is 23.7 Å². The first-order valence-corrected chi connectivity index (χ1v) is 9.85. The summed E-state index contributed by atoms with van der Waals surface area (Å²) < 4.78 is 5.10. The maximum Gasteiger partial charge on any atom is 0.232 e. The van der Waals surface area contributed by atoms with Gasteiger partial charge in [-0.05, 0) is 25.3 Å². The minimum atomic E-state index is -0.219. The molecule has 0 atom stereocenters. The van der Waals surface area contributed by atoms with Crippen LogP contribution >= 0.6 is 0 Å². The molecule has 0 spiro atoms. The number of piperidine rings is 1. The second-order valence-electron chi connectivity index (χ2n) is 7.09. The lowest BCUT2D eigenvalue weighted by Crippen LogP contribution is -2.30. The molecular weight excluding hydrogens is 382 g/mol. The molecule has 4 rings (SSSR count). The lowest BCUT2D eigenvalue weighted by molar-refractivity contribution is 0.0989. The molecule has 0 aromatic carbocycles. The Morgan fingerprint density at radius 1 is 1.07 bits per heavy atom. The lowest BCUT2D eigenvalue weighted by Gasteiger charge is -2.30. The third kappa shape index (κ3) is 4.19. The summed E-state index contributed by atoms with van der Waals surface area (Å²) in [6, 6.07) is 1.96. The molecule has 3 aromatic heterocycles. The van der Waals surface area contributed by atoms with E-state index in [1.807, 2.05) is 6.07 Å². The van der Waals surface area contributed by atoms with Gasteiger partial charge >= 0.3 is 0 Å². The summed E-state index contributed by atoms with van der Waals surface area (Å²) in [5, 5.41) is 0. The monoisotopic (exact) mass is 405 g/mol. The quantitative estimate of drug-likeness (QED) is 0.616. The van der Waals surface area contributed by atoms with Crippen molar-refractivity contribution in [3.8, 4) is 17.3 Å². The Bertz CT molecular complexity index is 1050. The van der Waals surface area contributed by atoms with E-state index in [1.165, 1.54) is 32.1 Å². The molecule has 0 bridgehead atoms. The van der Waals surface area contributed by atoms with Gasteiger partial charge in [-0.15, -0.1) is 0 Å². The van der Waals surface area contributed by atoms with Gasteiger partial charge in [0.1, 0.15) is 17.1 Å². The van der Waals surface area contributed by atoms with Crippen LogP contribution in [-0.4, -0.2) is 50.9 Å². The van der Waals surface area contributed by atoms with Crippen molar-refractivity contribution in [3.05, 3.63) is 48.3 Å². The van der Waals surface area contributed by atoms with E-state index in [2.05, 4.69) is 29.8 Å². The molecule has 9 nitrogen and oxygen atoms in total. The minimum Gasteiger partial charge on any atom is -0.480 e. The van der Waals surface area contributed by atoms with Crippen LogP contribution in [0.3, 0.4) is 0 Å². The molecule has 3 aromatic rings. The first kappa shape index (κ1) is 19.7. The largest absolute Gasteiger partial charge is 0.480 e. The predicted octanol–water partition coefficient (Wildman–Crippen LogP) is 2.34. The summed E-state index contributed by atoms with van der Waals surface area (Å²) in [5.74, 6) is 0.215. The number of ketones is 1. The van der Waals surface area contributed by atoms with Crippen LogP contribution in [-0.2, 0) is 6.42 Å².